The van der Waals surface area contributed by atoms with Crippen LogP contribution in [0.15, 0.2) is 65.0 Å². The normalized spacial score (nSPS) is 11.1. The molecule has 0 N–H and O–H groups in total. The van der Waals surface area contributed by atoms with Crippen LogP contribution in [-0.4, -0.2) is 16.2 Å². The lowest BCUT2D eigenvalue weighted by Crippen LogP contribution is -2.20. The zero-order valence-corrected chi connectivity index (χ0v) is 17.0. The summed E-state index contributed by atoms with van der Waals surface area (Å²) in [6, 6.07) is 15.3. The van der Waals surface area contributed by atoms with Crippen molar-refractivity contribution < 1.29 is 4.74 Å². The Hall–Kier alpha value is -2.63. The van der Waals surface area contributed by atoms with Gasteiger partial charge in [0.1, 0.15) is 10.6 Å². The summed E-state index contributed by atoms with van der Waals surface area (Å²) in [5, 5.41) is 3.33. The van der Waals surface area contributed by atoms with Gasteiger partial charge in [-0.15, -0.1) is 11.3 Å². The molecule has 0 fully saturated rings. The van der Waals surface area contributed by atoms with Crippen LogP contribution in [0.2, 0.25) is 5.02 Å². The summed E-state index contributed by atoms with van der Waals surface area (Å²) in [5.41, 5.74) is 2.85. The topological polar surface area (TPSA) is 44.1 Å². The highest BCUT2D eigenvalue weighted by Crippen LogP contribution is 2.31. The minimum atomic E-state index is -0.0393. The van der Waals surface area contributed by atoms with E-state index in [1.807, 2.05) is 53.9 Å². The molecule has 0 saturated carbocycles. The van der Waals surface area contributed by atoms with Gasteiger partial charge in [0, 0.05) is 16.0 Å². The fourth-order valence-electron chi connectivity index (χ4n) is 3.03. The number of hydrogen-bond acceptors (Lipinski definition) is 4. The maximum absolute atomic E-state index is 13.1. The Morgan fingerprint density at radius 1 is 1.11 bits per heavy atom. The molecule has 0 atom stereocenters. The van der Waals surface area contributed by atoms with E-state index < -0.39 is 0 Å². The summed E-state index contributed by atoms with van der Waals surface area (Å²) < 4.78 is 7.29. The maximum Gasteiger partial charge on any atom is 0.263 e. The molecule has 0 radical (unpaired) electrons. The zero-order valence-electron chi connectivity index (χ0n) is 15.4. The van der Waals surface area contributed by atoms with Gasteiger partial charge in [0.2, 0.25) is 0 Å². The highest BCUT2D eigenvalue weighted by atomic mass is 35.5. The lowest BCUT2D eigenvalue weighted by atomic mass is 10.1. The monoisotopic (exact) mass is 410 g/mol. The predicted octanol–water partition coefficient (Wildman–Crippen LogP) is 5.62. The fraction of sp³-hybridized carbons (Fsp3) is 0.182. The molecular weight excluding hydrogens is 392 g/mol. The van der Waals surface area contributed by atoms with Gasteiger partial charge in [-0.2, -0.15) is 0 Å². The SMILES string of the molecule is CCCOc1ccc(-c2csc3ncn(Cc4ccc(Cl)cc4)c(=O)c23)cc1. The number of ether oxygens (including phenoxy) is 1. The number of aromatic nitrogens is 2. The third-order valence-corrected chi connectivity index (χ3v) is 5.60. The number of thiophene rings is 1. The average Bonchev–Trinajstić information content (AvgIpc) is 3.15. The van der Waals surface area contributed by atoms with E-state index in [2.05, 4.69) is 11.9 Å². The Labute approximate surface area is 172 Å². The van der Waals surface area contributed by atoms with Crippen LogP contribution in [0.4, 0.5) is 0 Å². The van der Waals surface area contributed by atoms with Crippen molar-refractivity contribution >= 4 is 33.2 Å². The van der Waals surface area contributed by atoms with Gasteiger partial charge in [-0.25, -0.2) is 4.98 Å². The summed E-state index contributed by atoms with van der Waals surface area (Å²) in [6.45, 7) is 3.23. The molecule has 0 unspecified atom stereocenters. The van der Waals surface area contributed by atoms with E-state index >= 15 is 0 Å². The van der Waals surface area contributed by atoms with Crippen LogP contribution in [0.3, 0.4) is 0 Å². The average molecular weight is 411 g/mol. The third kappa shape index (κ3) is 3.81. The molecule has 2 aromatic carbocycles. The second kappa shape index (κ2) is 8.17. The molecule has 4 aromatic rings. The Kier molecular flexibility index (Phi) is 5.46. The van der Waals surface area contributed by atoms with Crippen LogP contribution < -0.4 is 10.3 Å². The summed E-state index contributed by atoms with van der Waals surface area (Å²) in [6.07, 6.45) is 2.58. The van der Waals surface area contributed by atoms with Crippen molar-refractivity contribution in [1.29, 1.82) is 0 Å². The molecular formula is C22H19ClN2O2S. The first-order valence-electron chi connectivity index (χ1n) is 9.10. The van der Waals surface area contributed by atoms with E-state index in [1.54, 1.807) is 10.9 Å². The number of nitrogens with zero attached hydrogens (tertiary/aromatic N) is 2. The molecule has 0 aliphatic carbocycles. The molecule has 28 heavy (non-hydrogen) atoms. The van der Waals surface area contributed by atoms with E-state index in [9.17, 15) is 4.79 Å². The number of hydrogen-bond donors (Lipinski definition) is 0. The second-order valence-electron chi connectivity index (χ2n) is 6.51. The first-order chi connectivity index (χ1) is 13.7. The molecule has 142 valence electrons. The minimum absolute atomic E-state index is 0.0393. The van der Waals surface area contributed by atoms with E-state index in [-0.39, 0.29) is 5.56 Å². The van der Waals surface area contributed by atoms with E-state index in [4.69, 9.17) is 16.3 Å². The van der Waals surface area contributed by atoms with Gasteiger partial charge in [-0.1, -0.05) is 42.8 Å². The summed E-state index contributed by atoms with van der Waals surface area (Å²) in [7, 11) is 0. The van der Waals surface area contributed by atoms with E-state index in [0.29, 0.717) is 23.6 Å². The predicted molar refractivity (Wildman–Crippen MR) is 116 cm³/mol. The van der Waals surface area contributed by atoms with Gasteiger partial charge >= 0.3 is 0 Å². The number of fused-ring (bicyclic) bond motifs is 1. The van der Waals surface area contributed by atoms with Crippen molar-refractivity contribution in [3.63, 3.8) is 0 Å². The van der Waals surface area contributed by atoms with E-state index in [1.165, 1.54) is 11.3 Å². The van der Waals surface area contributed by atoms with Gasteiger partial charge in [0.15, 0.2) is 0 Å². The first kappa shape index (κ1) is 18.7. The molecule has 4 nitrogen and oxygen atoms in total. The van der Waals surface area contributed by atoms with Crippen LogP contribution >= 0.6 is 22.9 Å². The molecule has 0 bridgehead atoms. The lowest BCUT2D eigenvalue weighted by molar-refractivity contribution is 0.317. The van der Waals surface area contributed by atoms with Crippen LogP contribution in [0.25, 0.3) is 21.3 Å². The summed E-state index contributed by atoms with van der Waals surface area (Å²) in [5.74, 6) is 0.836. The third-order valence-electron chi connectivity index (χ3n) is 4.47. The highest BCUT2D eigenvalue weighted by Gasteiger charge is 2.13. The largest absolute Gasteiger partial charge is 0.494 e. The Morgan fingerprint density at radius 2 is 1.86 bits per heavy atom. The summed E-state index contributed by atoms with van der Waals surface area (Å²) in [4.78, 5) is 18.4. The molecule has 2 aromatic heterocycles. The van der Waals surface area contributed by atoms with Gasteiger partial charge in [0.05, 0.1) is 24.9 Å². The Balaban J connectivity index is 1.70. The van der Waals surface area contributed by atoms with Crippen LogP contribution in [-0.2, 0) is 6.54 Å². The molecule has 0 aliphatic heterocycles. The molecule has 0 aliphatic rings. The molecule has 0 spiro atoms. The summed E-state index contributed by atoms with van der Waals surface area (Å²) >= 11 is 7.43. The highest BCUT2D eigenvalue weighted by molar-refractivity contribution is 7.17. The van der Waals surface area contributed by atoms with Gasteiger partial charge in [-0.05, 0) is 41.8 Å². The minimum Gasteiger partial charge on any atom is -0.494 e. The second-order valence-corrected chi connectivity index (χ2v) is 7.80. The standard InChI is InChI=1S/C22H19ClN2O2S/c1-2-11-27-18-9-5-16(6-10-18)19-13-28-21-20(19)22(26)25(14-24-21)12-15-3-7-17(23)8-4-15/h3-10,13-14H,2,11-12H2,1H3. The molecule has 0 amide bonds. The number of halogens is 1. The maximum atomic E-state index is 13.1. The molecule has 4 rings (SSSR count). The van der Waals surface area contributed by atoms with Gasteiger partial charge in [-0.3, -0.25) is 9.36 Å². The number of rotatable bonds is 6. The smallest absolute Gasteiger partial charge is 0.263 e. The van der Waals surface area contributed by atoms with Crippen LogP contribution in [0, 0.1) is 0 Å². The van der Waals surface area contributed by atoms with E-state index in [0.717, 1.165) is 33.7 Å². The van der Waals surface area contributed by atoms with Crippen molar-refractivity contribution in [2.45, 2.75) is 19.9 Å². The molecule has 2 heterocycles. The van der Waals surface area contributed by atoms with Crippen LogP contribution in [0.1, 0.15) is 18.9 Å². The quantitative estimate of drug-likeness (QED) is 0.414. The van der Waals surface area contributed by atoms with Gasteiger partial charge in [0.25, 0.3) is 5.56 Å². The van der Waals surface area contributed by atoms with Crippen molar-refractivity contribution in [2.24, 2.45) is 0 Å². The Morgan fingerprint density at radius 3 is 2.57 bits per heavy atom. The zero-order chi connectivity index (χ0) is 19.5. The van der Waals surface area contributed by atoms with Crippen molar-refractivity contribution in [1.82, 2.24) is 9.55 Å². The van der Waals surface area contributed by atoms with Gasteiger partial charge < -0.3 is 4.74 Å². The molecule has 6 heteroatoms. The Bertz CT molecular complexity index is 1150. The fourth-order valence-corrected chi connectivity index (χ4v) is 4.06. The van der Waals surface area contributed by atoms with Crippen molar-refractivity contribution in [3.8, 4) is 16.9 Å². The lowest BCUT2D eigenvalue weighted by Gasteiger charge is -2.08. The first-order valence-corrected chi connectivity index (χ1v) is 10.4. The molecule has 0 saturated heterocycles. The van der Waals surface area contributed by atoms with Crippen molar-refractivity contribution in [2.75, 3.05) is 6.61 Å². The van der Waals surface area contributed by atoms with Crippen molar-refractivity contribution in [3.05, 3.63) is 81.2 Å². The van der Waals surface area contributed by atoms with Crippen LogP contribution in [0.5, 0.6) is 5.75 Å². The number of benzene rings is 2.